The van der Waals surface area contributed by atoms with Gasteiger partial charge in [-0.05, 0) is 59.2 Å². The van der Waals surface area contributed by atoms with Crippen LogP contribution in [0.25, 0.3) is 11.1 Å². The average molecular weight is 457 g/mol. The molecule has 176 valence electrons. The summed E-state index contributed by atoms with van der Waals surface area (Å²) in [4.78, 5) is 49.7. The molecule has 0 amide bonds. The molecule has 0 spiro atoms. The summed E-state index contributed by atoms with van der Waals surface area (Å²) in [6, 6.07) is 7.00. The lowest BCUT2D eigenvalue weighted by Gasteiger charge is -2.22. The summed E-state index contributed by atoms with van der Waals surface area (Å²) in [5, 5.41) is 11.8. The number of hydrogen-bond acceptors (Lipinski definition) is 8. The molecule has 2 aromatic rings. The molecule has 9 heteroatoms. The van der Waals surface area contributed by atoms with Gasteiger partial charge in [0.25, 0.3) is 5.69 Å². The first-order valence-corrected chi connectivity index (χ1v) is 10.2. The van der Waals surface area contributed by atoms with Crippen LogP contribution in [-0.4, -0.2) is 36.0 Å². The Balaban J connectivity index is 3.03. The Morgan fingerprint density at radius 3 is 2.15 bits per heavy atom. The molecule has 0 heterocycles. The summed E-state index contributed by atoms with van der Waals surface area (Å²) in [7, 11) is 1.12. The van der Waals surface area contributed by atoms with Crippen LogP contribution in [0.4, 0.5) is 5.69 Å². The number of methoxy groups -OCH3 is 1. The minimum absolute atomic E-state index is 0.0182. The molecular weight excluding hydrogens is 430 g/mol. The minimum atomic E-state index is -0.932. The number of nitrogens with zero attached hydrogens (tertiary/aromatic N) is 1. The van der Waals surface area contributed by atoms with Gasteiger partial charge in [0.1, 0.15) is 11.3 Å². The lowest BCUT2D eigenvalue weighted by atomic mass is 9.89. The van der Waals surface area contributed by atoms with Crippen molar-refractivity contribution in [3.05, 3.63) is 57.1 Å². The van der Waals surface area contributed by atoms with E-state index in [9.17, 15) is 24.5 Å². The minimum Gasteiger partial charge on any atom is -0.465 e. The standard InChI is InChI=1S/C24H27NO8/c1-13(2)32-22(27)18-14(3)12-17(33-23(28)24(4,5)6)20(21(26)31-7)19(18)15-10-8-9-11-16(15)25(29)30/h8-13H,1-7H3. The number of para-hydroxylation sites is 1. The molecule has 0 bridgehead atoms. The summed E-state index contributed by atoms with van der Waals surface area (Å²) in [5.74, 6) is -2.53. The van der Waals surface area contributed by atoms with E-state index in [1.54, 1.807) is 41.5 Å². The van der Waals surface area contributed by atoms with E-state index in [4.69, 9.17) is 14.2 Å². The summed E-state index contributed by atoms with van der Waals surface area (Å²) >= 11 is 0. The van der Waals surface area contributed by atoms with E-state index in [2.05, 4.69) is 0 Å². The van der Waals surface area contributed by atoms with Crippen LogP contribution in [0.2, 0.25) is 0 Å². The first-order valence-electron chi connectivity index (χ1n) is 10.2. The quantitative estimate of drug-likeness (QED) is 0.260. The second kappa shape index (κ2) is 9.81. The zero-order chi connectivity index (χ0) is 25.1. The van der Waals surface area contributed by atoms with Gasteiger partial charge >= 0.3 is 17.9 Å². The van der Waals surface area contributed by atoms with E-state index in [1.807, 2.05) is 0 Å². The van der Waals surface area contributed by atoms with Crippen molar-refractivity contribution in [1.29, 1.82) is 0 Å². The summed E-state index contributed by atoms with van der Waals surface area (Å²) in [5.41, 5.74) is -1.42. The highest BCUT2D eigenvalue weighted by atomic mass is 16.6. The van der Waals surface area contributed by atoms with Gasteiger partial charge in [-0.3, -0.25) is 14.9 Å². The highest BCUT2D eigenvalue weighted by molar-refractivity contribution is 6.10. The number of carbonyl (C=O) groups excluding carboxylic acids is 3. The molecule has 0 aliphatic carbocycles. The van der Waals surface area contributed by atoms with Crippen molar-refractivity contribution in [3.8, 4) is 16.9 Å². The van der Waals surface area contributed by atoms with Gasteiger partial charge in [-0.2, -0.15) is 0 Å². The molecule has 9 nitrogen and oxygen atoms in total. The largest absolute Gasteiger partial charge is 0.465 e. The first kappa shape index (κ1) is 25.5. The molecule has 0 atom stereocenters. The van der Waals surface area contributed by atoms with E-state index >= 15 is 0 Å². The zero-order valence-electron chi connectivity index (χ0n) is 19.7. The molecule has 0 saturated carbocycles. The van der Waals surface area contributed by atoms with Crippen LogP contribution >= 0.6 is 0 Å². The van der Waals surface area contributed by atoms with E-state index in [0.29, 0.717) is 5.56 Å². The molecule has 0 aromatic heterocycles. The number of ether oxygens (including phenoxy) is 3. The molecule has 0 N–H and O–H groups in total. The second-order valence-electron chi connectivity index (χ2n) is 8.68. The number of nitro groups is 1. The van der Waals surface area contributed by atoms with Crippen molar-refractivity contribution in [2.24, 2.45) is 5.41 Å². The molecule has 2 aromatic carbocycles. The maximum atomic E-state index is 13.1. The number of hydrogen-bond donors (Lipinski definition) is 0. The fourth-order valence-corrected chi connectivity index (χ4v) is 3.07. The van der Waals surface area contributed by atoms with Gasteiger partial charge in [-0.25, -0.2) is 9.59 Å². The van der Waals surface area contributed by atoms with Crippen LogP contribution in [0, 0.1) is 22.5 Å². The van der Waals surface area contributed by atoms with Crippen LogP contribution in [0.1, 0.15) is 60.9 Å². The van der Waals surface area contributed by atoms with Crippen molar-refractivity contribution in [3.63, 3.8) is 0 Å². The predicted molar refractivity (Wildman–Crippen MR) is 120 cm³/mol. The van der Waals surface area contributed by atoms with Gasteiger partial charge < -0.3 is 14.2 Å². The van der Waals surface area contributed by atoms with Crippen LogP contribution < -0.4 is 4.74 Å². The van der Waals surface area contributed by atoms with E-state index in [0.717, 1.165) is 7.11 Å². The number of rotatable bonds is 6. The maximum Gasteiger partial charge on any atom is 0.342 e. The normalized spacial score (nSPS) is 11.2. The molecule has 2 rings (SSSR count). The Kier molecular flexibility index (Phi) is 7.58. The highest BCUT2D eigenvalue weighted by Crippen LogP contribution is 2.41. The van der Waals surface area contributed by atoms with Crippen LogP contribution in [0.5, 0.6) is 5.75 Å². The predicted octanol–water partition coefficient (Wildman–Crippen LogP) is 4.87. The summed E-state index contributed by atoms with van der Waals surface area (Å²) in [6.07, 6.45) is -0.490. The fourth-order valence-electron chi connectivity index (χ4n) is 3.07. The van der Waals surface area contributed by atoms with Crippen LogP contribution in [0.15, 0.2) is 30.3 Å². The zero-order valence-corrected chi connectivity index (χ0v) is 19.7. The van der Waals surface area contributed by atoms with E-state index < -0.39 is 34.4 Å². The van der Waals surface area contributed by atoms with Crippen LogP contribution in [0.3, 0.4) is 0 Å². The molecule has 0 aliphatic heterocycles. The molecule has 0 saturated heterocycles. The molecule has 33 heavy (non-hydrogen) atoms. The Labute approximate surface area is 191 Å². The smallest absolute Gasteiger partial charge is 0.342 e. The van der Waals surface area contributed by atoms with E-state index in [1.165, 1.54) is 30.3 Å². The topological polar surface area (TPSA) is 122 Å². The molecule has 0 fully saturated rings. The van der Waals surface area contributed by atoms with Gasteiger partial charge in [-0.1, -0.05) is 12.1 Å². The third-order valence-electron chi connectivity index (χ3n) is 4.61. The lowest BCUT2D eigenvalue weighted by molar-refractivity contribution is -0.384. The number of benzene rings is 2. The molecule has 0 aliphatic rings. The Bertz CT molecular complexity index is 1110. The average Bonchev–Trinajstić information content (AvgIpc) is 2.71. The van der Waals surface area contributed by atoms with Crippen molar-refractivity contribution in [1.82, 2.24) is 0 Å². The second-order valence-corrected chi connectivity index (χ2v) is 8.68. The van der Waals surface area contributed by atoms with Crippen molar-refractivity contribution < 1.29 is 33.5 Å². The Hall–Kier alpha value is -3.75. The summed E-state index contributed by atoms with van der Waals surface area (Å²) in [6.45, 7) is 9.77. The van der Waals surface area contributed by atoms with Gasteiger partial charge in [0, 0.05) is 11.6 Å². The van der Waals surface area contributed by atoms with Crippen LogP contribution in [-0.2, 0) is 14.3 Å². The SMILES string of the molecule is COC(=O)c1c(OC(=O)C(C)(C)C)cc(C)c(C(=O)OC(C)C)c1-c1ccccc1[N+](=O)[O-]. The molecule has 0 unspecified atom stereocenters. The fraction of sp³-hybridized carbons (Fsp3) is 0.375. The third-order valence-corrected chi connectivity index (χ3v) is 4.61. The number of carbonyl (C=O) groups is 3. The van der Waals surface area contributed by atoms with Crippen molar-refractivity contribution in [2.75, 3.05) is 7.11 Å². The molecule has 0 radical (unpaired) electrons. The number of nitro benzene ring substituents is 1. The van der Waals surface area contributed by atoms with Gasteiger partial charge in [0.2, 0.25) is 0 Å². The number of aryl methyl sites for hydroxylation is 1. The van der Waals surface area contributed by atoms with Crippen molar-refractivity contribution >= 4 is 23.6 Å². The first-order chi connectivity index (χ1) is 15.3. The van der Waals surface area contributed by atoms with E-state index in [-0.39, 0.29) is 33.7 Å². The third kappa shape index (κ3) is 5.54. The van der Waals surface area contributed by atoms with Gasteiger partial charge in [0.05, 0.1) is 34.7 Å². The monoisotopic (exact) mass is 457 g/mol. The maximum absolute atomic E-state index is 13.1. The summed E-state index contributed by atoms with van der Waals surface area (Å²) < 4.78 is 15.8. The Morgan fingerprint density at radius 1 is 1.03 bits per heavy atom. The Morgan fingerprint density at radius 2 is 1.64 bits per heavy atom. The van der Waals surface area contributed by atoms with Crippen molar-refractivity contribution in [2.45, 2.75) is 47.6 Å². The molecular formula is C24H27NO8. The lowest BCUT2D eigenvalue weighted by Crippen LogP contribution is -2.27. The highest BCUT2D eigenvalue weighted by Gasteiger charge is 2.34. The van der Waals surface area contributed by atoms with Gasteiger partial charge in [-0.15, -0.1) is 0 Å². The van der Waals surface area contributed by atoms with Gasteiger partial charge in [0.15, 0.2) is 0 Å². The number of esters is 3.